The minimum Gasteiger partial charge on any atom is -0.377 e. The van der Waals surface area contributed by atoms with Crippen molar-refractivity contribution in [2.45, 2.75) is 6.92 Å². The number of hydrogen-bond acceptors (Lipinski definition) is 4. The second-order valence-electron chi connectivity index (χ2n) is 2.40. The van der Waals surface area contributed by atoms with Gasteiger partial charge in [0.1, 0.15) is 0 Å². The zero-order valence-corrected chi connectivity index (χ0v) is 8.74. The molecule has 0 radical (unpaired) electrons. The van der Waals surface area contributed by atoms with Crippen LogP contribution in [0, 0.1) is 0 Å². The Morgan fingerprint density at radius 2 is 2.57 bits per heavy atom. The summed E-state index contributed by atoms with van der Waals surface area (Å²) in [6.07, 6.45) is 5.04. The average molecular weight is 208 g/mol. The van der Waals surface area contributed by atoms with Crippen LogP contribution in [0.15, 0.2) is 34.7 Å². The van der Waals surface area contributed by atoms with Crippen molar-refractivity contribution >= 4 is 23.1 Å². The minimum atomic E-state index is 0.479. The van der Waals surface area contributed by atoms with Gasteiger partial charge in [-0.05, 0) is 11.8 Å². The Morgan fingerprint density at radius 3 is 3.21 bits per heavy atom. The molecule has 0 aromatic carbocycles. The Morgan fingerprint density at radius 1 is 1.71 bits per heavy atom. The SMILES string of the molecule is CCS/C(N)=N\N=C\c1cccnc1. The van der Waals surface area contributed by atoms with Gasteiger partial charge >= 0.3 is 0 Å². The summed E-state index contributed by atoms with van der Waals surface area (Å²) < 4.78 is 0. The third kappa shape index (κ3) is 4.04. The number of amidine groups is 1. The molecule has 0 unspecified atom stereocenters. The van der Waals surface area contributed by atoms with Gasteiger partial charge in [0.05, 0.1) is 6.21 Å². The molecule has 0 aliphatic rings. The zero-order valence-electron chi connectivity index (χ0n) is 7.92. The summed E-state index contributed by atoms with van der Waals surface area (Å²) in [5.74, 6) is 0.901. The van der Waals surface area contributed by atoms with Crippen LogP contribution >= 0.6 is 11.8 Å². The van der Waals surface area contributed by atoms with Crippen LogP contribution in [0.5, 0.6) is 0 Å². The number of nitrogens with zero attached hydrogens (tertiary/aromatic N) is 3. The lowest BCUT2D eigenvalue weighted by atomic mass is 10.3. The van der Waals surface area contributed by atoms with Crippen molar-refractivity contribution < 1.29 is 0 Å². The summed E-state index contributed by atoms with van der Waals surface area (Å²) in [6, 6.07) is 3.74. The van der Waals surface area contributed by atoms with E-state index in [9.17, 15) is 0 Å². The van der Waals surface area contributed by atoms with Crippen molar-refractivity contribution in [3.05, 3.63) is 30.1 Å². The maximum absolute atomic E-state index is 5.53. The summed E-state index contributed by atoms with van der Waals surface area (Å²) in [7, 11) is 0. The van der Waals surface area contributed by atoms with E-state index in [4.69, 9.17) is 5.73 Å². The first-order valence-corrected chi connectivity index (χ1v) is 5.21. The Kier molecular flexibility index (Phi) is 4.71. The number of rotatable bonds is 3. The van der Waals surface area contributed by atoms with Crippen molar-refractivity contribution in [3.63, 3.8) is 0 Å². The number of nitrogens with two attached hydrogens (primary N) is 1. The first-order chi connectivity index (χ1) is 6.83. The molecule has 1 rings (SSSR count). The summed E-state index contributed by atoms with van der Waals surface area (Å²) >= 11 is 1.46. The molecule has 0 saturated heterocycles. The van der Waals surface area contributed by atoms with Gasteiger partial charge in [0.2, 0.25) is 0 Å². The highest BCUT2D eigenvalue weighted by molar-refractivity contribution is 8.13. The lowest BCUT2D eigenvalue weighted by Gasteiger charge is -1.91. The van der Waals surface area contributed by atoms with E-state index in [1.807, 2.05) is 19.1 Å². The van der Waals surface area contributed by atoms with Crippen molar-refractivity contribution in [1.82, 2.24) is 4.98 Å². The predicted octanol–water partition coefficient (Wildman–Crippen LogP) is 1.48. The average Bonchev–Trinajstić information content (AvgIpc) is 2.20. The van der Waals surface area contributed by atoms with Crippen LogP contribution in [0.1, 0.15) is 12.5 Å². The van der Waals surface area contributed by atoms with Crippen molar-refractivity contribution in [3.8, 4) is 0 Å². The molecule has 0 spiro atoms. The van der Waals surface area contributed by atoms with Gasteiger partial charge in [0, 0.05) is 18.0 Å². The minimum absolute atomic E-state index is 0.479. The lowest BCUT2D eigenvalue weighted by Crippen LogP contribution is -2.05. The largest absolute Gasteiger partial charge is 0.377 e. The van der Waals surface area contributed by atoms with Crippen LogP contribution in [-0.2, 0) is 0 Å². The van der Waals surface area contributed by atoms with Crippen LogP contribution in [0.3, 0.4) is 0 Å². The molecule has 0 amide bonds. The molecule has 0 saturated carbocycles. The van der Waals surface area contributed by atoms with E-state index in [1.54, 1.807) is 18.6 Å². The van der Waals surface area contributed by atoms with Crippen LogP contribution in [0.25, 0.3) is 0 Å². The fraction of sp³-hybridized carbons (Fsp3) is 0.222. The quantitative estimate of drug-likeness (QED) is 0.465. The number of aromatic nitrogens is 1. The molecular weight excluding hydrogens is 196 g/mol. The summed E-state index contributed by atoms with van der Waals surface area (Å²) in [5.41, 5.74) is 6.44. The number of pyridine rings is 1. The van der Waals surface area contributed by atoms with Gasteiger partial charge in [-0.15, -0.1) is 5.10 Å². The molecule has 1 heterocycles. The van der Waals surface area contributed by atoms with Crippen LogP contribution < -0.4 is 5.73 Å². The number of hydrogen-bond donors (Lipinski definition) is 1. The predicted molar refractivity (Wildman–Crippen MR) is 61.6 cm³/mol. The van der Waals surface area contributed by atoms with Crippen LogP contribution in [-0.4, -0.2) is 22.1 Å². The molecule has 74 valence electrons. The molecule has 0 bridgehead atoms. The van der Waals surface area contributed by atoms with Gasteiger partial charge in [-0.25, -0.2) is 0 Å². The Labute approximate surface area is 87.3 Å². The molecule has 14 heavy (non-hydrogen) atoms. The summed E-state index contributed by atoms with van der Waals surface area (Å²) in [6.45, 7) is 2.01. The highest BCUT2D eigenvalue weighted by atomic mass is 32.2. The Bertz CT molecular complexity index is 321. The fourth-order valence-electron chi connectivity index (χ4n) is 0.782. The smallest absolute Gasteiger partial charge is 0.180 e. The van der Waals surface area contributed by atoms with Crippen LogP contribution in [0.2, 0.25) is 0 Å². The second kappa shape index (κ2) is 6.15. The van der Waals surface area contributed by atoms with E-state index in [0.29, 0.717) is 5.17 Å². The fourth-order valence-corrected chi connectivity index (χ4v) is 1.18. The molecular formula is C9H12N4S. The van der Waals surface area contributed by atoms with Crippen molar-refractivity contribution in [2.24, 2.45) is 15.9 Å². The van der Waals surface area contributed by atoms with E-state index < -0.39 is 0 Å². The van der Waals surface area contributed by atoms with Gasteiger partial charge in [-0.3, -0.25) is 4.98 Å². The van der Waals surface area contributed by atoms with Crippen molar-refractivity contribution in [1.29, 1.82) is 0 Å². The molecule has 0 atom stereocenters. The van der Waals surface area contributed by atoms with E-state index in [-0.39, 0.29) is 0 Å². The molecule has 4 nitrogen and oxygen atoms in total. The third-order valence-electron chi connectivity index (χ3n) is 1.34. The first-order valence-electron chi connectivity index (χ1n) is 4.22. The monoisotopic (exact) mass is 208 g/mol. The molecule has 0 aliphatic heterocycles. The third-order valence-corrected chi connectivity index (χ3v) is 2.01. The lowest BCUT2D eigenvalue weighted by molar-refractivity contribution is 1.24. The van der Waals surface area contributed by atoms with E-state index in [1.165, 1.54) is 11.8 Å². The first kappa shape index (κ1) is 10.7. The maximum Gasteiger partial charge on any atom is 0.180 e. The topological polar surface area (TPSA) is 63.6 Å². The molecule has 0 fully saturated rings. The molecule has 0 aliphatic carbocycles. The van der Waals surface area contributed by atoms with Gasteiger partial charge in [-0.1, -0.05) is 24.8 Å². The van der Waals surface area contributed by atoms with Crippen molar-refractivity contribution in [2.75, 3.05) is 5.75 Å². The normalized spacial score (nSPS) is 12.2. The second-order valence-corrected chi connectivity index (χ2v) is 3.69. The van der Waals surface area contributed by atoms with E-state index in [0.717, 1.165) is 11.3 Å². The van der Waals surface area contributed by atoms with Gasteiger partial charge in [0.25, 0.3) is 0 Å². The van der Waals surface area contributed by atoms with Crippen LogP contribution in [0.4, 0.5) is 0 Å². The molecule has 5 heteroatoms. The highest BCUT2D eigenvalue weighted by Crippen LogP contribution is 1.98. The molecule has 2 N–H and O–H groups in total. The molecule has 1 aromatic heterocycles. The van der Waals surface area contributed by atoms with E-state index >= 15 is 0 Å². The molecule has 1 aromatic rings. The van der Waals surface area contributed by atoms with Gasteiger partial charge in [-0.2, -0.15) is 5.10 Å². The standard InChI is InChI=1S/C9H12N4S/c1-2-14-9(10)13-12-7-8-4-3-5-11-6-8/h3-7H,2H2,1H3,(H2,10,13)/b12-7+. The van der Waals surface area contributed by atoms with Gasteiger partial charge < -0.3 is 5.73 Å². The Hall–Kier alpha value is -1.36. The summed E-state index contributed by atoms with van der Waals surface area (Å²) in [5, 5.41) is 8.12. The highest BCUT2D eigenvalue weighted by Gasteiger charge is 1.88. The Balaban J connectivity index is 2.53. The summed E-state index contributed by atoms with van der Waals surface area (Å²) in [4.78, 5) is 3.94. The van der Waals surface area contributed by atoms with Gasteiger partial charge in [0.15, 0.2) is 5.17 Å². The number of thioether (sulfide) groups is 1. The zero-order chi connectivity index (χ0) is 10.2. The van der Waals surface area contributed by atoms with E-state index in [2.05, 4.69) is 15.2 Å². The maximum atomic E-state index is 5.53.